The Kier molecular flexibility index (Phi) is 10.6. The molecular weight excluding hydrogens is 538 g/mol. The molecule has 41 heavy (non-hydrogen) atoms. The zero-order valence-corrected chi connectivity index (χ0v) is 25.6. The second-order valence-electron chi connectivity index (χ2n) is 11.2. The van der Waals surface area contributed by atoms with Gasteiger partial charge in [-0.2, -0.15) is 0 Å². The summed E-state index contributed by atoms with van der Waals surface area (Å²) in [6, 6.07) is 18.5. The van der Waals surface area contributed by atoms with Crippen LogP contribution in [0.2, 0.25) is 5.02 Å². The Morgan fingerprint density at radius 1 is 0.902 bits per heavy atom. The highest BCUT2D eigenvalue weighted by atomic mass is 35.5. The molecule has 0 fully saturated rings. The molecule has 2 unspecified atom stereocenters. The SMILES string of the molecule is CCN(C(=O)C(Cc1ccccc1)NC(=O)OC(C)(C)C)C(C(=O)Nc1c(C)cccc1Cl)c1ccc(C)c(C)c1. The fourth-order valence-corrected chi connectivity index (χ4v) is 4.82. The molecule has 0 saturated carbocycles. The molecule has 0 radical (unpaired) electrons. The van der Waals surface area contributed by atoms with Gasteiger partial charge in [-0.25, -0.2) is 4.79 Å². The lowest BCUT2D eigenvalue weighted by Crippen LogP contribution is -2.53. The van der Waals surface area contributed by atoms with Crippen LogP contribution >= 0.6 is 11.6 Å². The second kappa shape index (κ2) is 13.7. The summed E-state index contributed by atoms with van der Waals surface area (Å²) in [6.07, 6.45) is -0.484. The first-order valence-corrected chi connectivity index (χ1v) is 14.2. The van der Waals surface area contributed by atoms with Crippen LogP contribution in [0.15, 0.2) is 66.7 Å². The number of ether oxygens (including phenoxy) is 1. The zero-order valence-electron chi connectivity index (χ0n) is 24.9. The molecule has 0 aliphatic carbocycles. The first kappa shape index (κ1) is 31.7. The van der Waals surface area contributed by atoms with Gasteiger partial charge < -0.3 is 20.3 Å². The largest absolute Gasteiger partial charge is 0.444 e. The lowest BCUT2D eigenvalue weighted by Gasteiger charge is -2.34. The highest BCUT2D eigenvalue weighted by Gasteiger charge is 2.36. The van der Waals surface area contributed by atoms with Crippen LogP contribution in [0.4, 0.5) is 10.5 Å². The van der Waals surface area contributed by atoms with Crippen molar-refractivity contribution in [2.24, 2.45) is 0 Å². The van der Waals surface area contributed by atoms with Gasteiger partial charge in [-0.05, 0) is 82.3 Å². The lowest BCUT2D eigenvalue weighted by atomic mass is 9.97. The predicted molar refractivity (Wildman–Crippen MR) is 164 cm³/mol. The van der Waals surface area contributed by atoms with Gasteiger partial charge in [-0.1, -0.05) is 72.3 Å². The summed E-state index contributed by atoms with van der Waals surface area (Å²) in [5.74, 6) is -0.813. The number of nitrogens with zero attached hydrogens (tertiary/aromatic N) is 1. The highest BCUT2D eigenvalue weighted by Crippen LogP contribution is 2.30. The maximum Gasteiger partial charge on any atom is 0.408 e. The molecule has 3 aromatic carbocycles. The third-order valence-corrected chi connectivity index (χ3v) is 7.09. The Bertz CT molecular complexity index is 1360. The summed E-state index contributed by atoms with van der Waals surface area (Å²) in [6.45, 7) is 13.1. The molecule has 0 bridgehead atoms. The summed E-state index contributed by atoms with van der Waals surface area (Å²) in [7, 11) is 0. The number of nitrogens with one attached hydrogen (secondary N) is 2. The molecule has 2 N–H and O–H groups in total. The van der Waals surface area contributed by atoms with Crippen molar-refractivity contribution in [1.82, 2.24) is 10.2 Å². The van der Waals surface area contributed by atoms with E-state index in [9.17, 15) is 14.4 Å². The predicted octanol–water partition coefficient (Wildman–Crippen LogP) is 6.93. The van der Waals surface area contributed by atoms with Gasteiger partial charge >= 0.3 is 6.09 Å². The first-order valence-electron chi connectivity index (χ1n) is 13.8. The molecular formula is C33H40ClN3O4. The number of rotatable bonds is 9. The van der Waals surface area contributed by atoms with Gasteiger partial charge in [0.1, 0.15) is 17.7 Å². The van der Waals surface area contributed by atoms with Crippen LogP contribution in [-0.4, -0.2) is 41.0 Å². The number of hydrogen-bond acceptors (Lipinski definition) is 4. The van der Waals surface area contributed by atoms with Gasteiger partial charge in [0.15, 0.2) is 0 Å². The van der Waals surface area contributed by atoms with Crippen LogP contribution in [0, 0.1) is 20.8 Å². The smallest absolute Gasteiger partial charge is 0.408 e. The fraction of sp³-hybridized carbons (Fsp3) is 0.364. The van der Waals surface area contributed by atoms with E-state index in [2.05, 4.69) is 10.6 Å². The third-order valence-electron chi connectivity index (χ3n) is 6.77. The molecule has 2 atom stereocenters. The normalized spacial score (nSPS) is 12.7. The molecule has 0 aliphatic heterocycles. The van der Waals surface area contributed by atoms with Crippen molar-refractivity contribution >= 4 is 35.2 Å². The molecule has 0 heterocycles. The second-order valence-corrected chi connectivity index (χ2v) is 11.6. The van der Waals surface area contributed by atoms with E-state index in [1.807, 2.05) is 88.4 Å². The summed E-state index contributed by atoms with van der Waals surface area (Å²) in [5.41, 5.74) is 4.11. The lowest BCUT2D eigenvalue weighted by molar-refractivity contribution is -0.140. The van der Waals surface area contributed by atoms with Crippen LogP contribution in [-0.2, 0) is 20.7 Å². The number of amides is 3. The number of aryl methyl sites for hydroxylation is 3. The molecule has 0 spiro atoms. The fourth-order valence-electron chi connectivity index (χ4n) is 4.55. The van der Waals surface area contributed by atoms with Crippen molar-refractivity contribution in [3.8, 4) is 0 Å². The number of carbonyl (C=O) groups excluding carboxylic acids is 3. The molecule has 7 nitrogen and oxygen atoms in total. The summed E-state index contributed by atoms with van der Waals surface area (Å²) in [4.78, 5) is 42.7. The van der Waals surface area contributed by atoms with Gasteiger partial charge in [0, 0.05) is 13.0 Å². The molecule has 0 aliphatic rings. The van der Waals surface area contributed by atoms with E-state index in [1.54, 1.807) is 26.8 Å². The van der Waals surface area contributed by atoms with Crippen LogP contribution < -0.4 is 10.6 Å². The van der Waals surface area contributed by atoms with Gasteiger partial charge in [0.25, 0.3) is 5.91 Å². The monoisotopic (exact) mass is 577 g/mol. The van der Waals surface area contributed by atoms with Crippen molar-refractivity contribution < 1.29 is 19.1 Å². The van der Waals surface area contributed by atoms with E-state index in [4.69, 9.17) is 16.3 Å². The summed E-state index contributed by atoms with van der Waals surface area (Å²) in [5, 5.41) is 6.13. The number of halogens is 1. The van der Waals surface area contributed by atoms with Crippen molar-refractivity contribution in [2.75, 3.05) is 11.9 Å². The Hall–Kier alpha value is -3.84. The standard InChI is InChI=1S/C33H40ClN3O4/c1-8-37(31(39)27(20-24-14-10-9-11-15-24)35-32(40)41-33(5,6)7)29(25-18-17-21(2)23(4)19-25)30(38)36-28-22(3)13-12-16-26(28)34/h9-19,27,29H,8,20H2,1-7H3,(H,35,40)(H,36,38). The number of anilines is 1. The average molecular weight is 578 g/mol. The van der Waals surface area contributed by atoms with E-state index in [-0.39, 0.29) is 13.0 Å². The third kappa shape index (κ3) is 8.57. The van der Waals surface area contributed by atoms with Crippen molar-refractivity contribution in [1.29, 1.82) is 0 Å². The highest BCUT2D eigenvalue weighted by molar-refractivity contribution is 6.34. The minimum Gasteiger partial charge on any atom is -0.444 e. The van der Waals surface area contributed by atoms with Crippen LogP contribution in [0.1, 0.15) is 61.6 Å². The summed E-state index contributed by atoms with van der Waals surface area (Å²) >= 11 is 6.44. The molecule has 0 saturated heterocycles. The number of benzene rings is 3. The Morgan fingerprint density at radius 2 is 1.59 bits per heavy atom. The van der Waals surface area contributed by atoms with Crippen LogP contribution in [0.25, 0.3) is 0 Å². The number of hydrogen-bond donors (Lipinski definition) is 2. The molecule has 218 valence electrons. The van der Waals surface area contributed by atoms with E-state index >= 15 is 0 Å². The maximum absolute atomic E-state index is 14.3. The van der Waals surface area contributed by atoms with Gasteiger partial charge in [0.2, 0.25) is 5.91 Å². The topological polar surface area (TPSA) is 87.7 Å². The van der Waals surface area contributed by atoms with E-state index < -0.39 is 35.6 Å². The number of alkyl carbamates (subject to hydrolysis) is 1. The van der Waals surface area contributed by atoms with Crippen LogP contribution in [0.3, 0.4) is 0 Å². The maximum atomic E-state index is 14.3. The minimum absolute atomic E-state index is 0.215. The number of likely N-dealkylation sites (N-methyl/N-ethyl adjacent to an activating group) is 1. The van der Waals surface area contributed by atoms with Gasteiger partial charge in [-0.15, -0.1) is 0 Å². The van der Waals surface area contributed by atoms with Crippen LogP contribution in [0.5, 0.6) is 0 Å². The number of para-hydroxylation sites is 1. The minimum atomic E-state index is -0.985. The molecule has 3 aromatic rings. The molecule has 8 heteroatoms. The van der Waals surface area contributed by atoms with Crippen molar-refractivity contribution in [2.45, 2.75) is 72.6 Å². The Balaban J connectivity index is 2.05. The average Bonchev–Trinajstić information content (AvgIpc) is 2.90. The van der Waals surface area contributed by atoms with E-state index in [1.165, 1.54) is 4.90 Å². The van der Waals surface area contributed by atoms with E-state index in [0.29, 0.717) is 16.3 Å². The quantitative estimate of drug-likeness (QED) is 0.289. The zero-order chi connectivity index (χ0) is 30.3. The van der Waals surface area contributed by atoms with Gasteiger partial charge in [0.05, 0.1) is 10.7 Å². The first-order chi connectivity index (χ1) is 19.3. The molecule has 3 amide bonds. The molecule has 3 rings (SSSR count). The van der Waals surface area contributed by atoms with Crippen molar-refractivity contribution in [3.63, 3.8) is 0 Å². The van der Waals surface area contributed by atoms with E-state index in [0.717, 1.165) is 22.3 Å². The van der Waals surface area contributed by atoms with Gasteiger partial charge in [-0.3, -0.25) is 9.59 Å². The Morgan fingerprint density at radius 3 is 2.17 bits per heavy atom. The molecule has 0 aromatic heterocycles. The summed E-state index contributed by atoms with van der Waals surface area (Å²) < 4.78 is 5.48. The Labute approximate surface area is 248 Å². The van der Waals surface area contributed by atoms with Crippen molar-refractivity contribution in [3.05, 3.63) is 99.6 Å². The number of carbonyl (C=O) groups is 3.